The van der Waals surface area contributed by atoms with Gasteiger partial charge in [-0.25, -0.2) is 5.10 Å². The number of H-pyrrole nitrogens is 2. The van der Waals surface area contributed by atoms with E-state index in [0.717, 1.165) is 0 Å². The first-order valence-corrected chi connectivity index (χ1v) is 4.53. The average molecular weight is 219 g/mol. The number of carbonyl (C=O) groups is 2. The van der Waals surface area contributed by atoms with Gasteiger partial charge in [-0.1, -0.05) is 0 Å². The van der Waals surface area contributed by atoms with E-state index in [9.17, 15) is 9.59 Å². The second-order valence-corrected chi connectivity index (χ2v) is 3.13. The molecule has 0 aliphatic rings. The fourth-order valence-electron chi connectivity index (χ4n) is 1.17. The van der Waals surface area contributed by atoms with E-state index in [2.05, 4.69) is 25.5 Å². The number of rotatable bonds is 3. The van der Waals surface area contributed by atoms with Crippen LogP contribution in [-0.2, 0) is 0 Å². The van der Waals surface area contributed by atoms with Crippen molar-refractivity contribution >= 4 is 17.6 Å². The number of nitrogens with one attached hydrogen (secondary N) is 3. The van der Waals surface area contributed by atoms with Crippen LogP contribution in [0.15, 0.2) is 18.5 Å². The molecule has 7 nitrogen and oxygen atoms in total. The highest BCUT2D eigenvalue weighted by Crippen LogP contribution is 2.05. The standard InChI is InChI=1S/C9H9N5O2/c1-5(15)6-2-3-7(12-6)8(16)13-9-10-4-11-14-9/h2-4,12H,1H3,(H2,10,11,13,14,16). The molecule has 0 fully saturated rings. The first-order valence-electron chi connectivity index (χ1n) is 4.53. The maximum atomic E-state index is 11.6. The zero-order valence-corrected chi connectivity index (χ0v) is 8.44. The molecule has 3 N–H and O–H groups in total. The highest BCUT2D eigenvalue weighted by Gasteiger charge is 2.11. The summed E-state index contributed by atoms with van der Waals surface area (Å²) in [5.41, 5.74) is 0.685. The molecule has 2 rings (SSSR count). The molecule has 0 radical (unpaired) electrons. The monoisotopic (exact) mass is 219 g/mol. The summed E-state index contributed by atoms with van der Waals surface area (Å²) in [6.07, 6.45) is 1.28. The second kappa shape index (κ2) is 3.97. The predicted molar refractivity (Wildman–Crippen MR) is 55.1 cm³/mol. The van der Waals surface area contributed by atoms with Crippen molar-refractivity contribution in [3.63, 3.8) is 0 Å². The molecule has 16 heavy (non-hydrogen) atoms. The summed E-state index contributed by atoms with van der Waals surface area (Å²) < 4.78 is 0. The van der Waals surface area contributed by atoms with E-state index in [1.165, 1.54) is 19.3 Å². The lowest BCUT2D eigenvalue weighted by molar-refractivity contribution is 0.101. The Kier molecular flexibility index (Phi) is 2.50. The van der Waals surface area contributed by atoms with E-state index in [-0.39, 0.29) is 17.6 Å². The molecular formula is C9H9N5O2. The van der Waals surface area contributed by atoms with Crippen LogP contribution < -0.4 is 5.32 Å². The lowest BCUT2D eigenvalue weighted by atomic mass is 10.3. The molecule has 0 aliphatic heterocycles. The van der Waals surface area contributed by atoms with Crippen molar-refractivity contribution in [1.29, 1.82) is 0 Å². The Morgan fingerprint density at radius 1 is 1.31 bits per heavy atom. The number of aromatic nitrogens is 4. The fraction of sp³-hybridized carbons (Fsp3) is 0.111. The highest BCUT2D eigenvalue weighted by atomic mass is 16.2. The third-order valence-electron chi connectivity index (χ3n) is 1.96. The van der Waals surface area contributed by atoms with Gasteiger partial charge in [0.1, 0.15) is 12.0 Å². The topological polar surface area (TPSA) is 104 Å². The number of hydrogen-bond donors (Lipinski definition) is 3. The van der Waals surface area contributed by atoms with Gasteiger partial charge in [0.15, 0.2) is 5.78 Å². The van der Waals surface area contributed by atoms with E-state index >= 15 is 0 Å². The molecule has 0 saturated heterocycles. The Morgan fingerprint density at radius 2 is 2.06 bits per heavy atom. The minimum absolute atomic E-state index is 0.126. The molecule has 0 saturated carbocycles. The molecule has 2 heterocycles. The highest BCUT2D eigenvalue weighted by molar-refractivity contribution is 6.03. The van der Waals surface area contributed by atoms with E-state index in [4.69, 9.17) is 0 Å². The van der Waals surface area contributed by atoms with Gasteiger partial charge in [-0.2, -0.15) is 10.1 Å². The van der Waals surface area contributed by atoms with Crippen molar-refractivity contribution in [2.45, 2.75) is 6.92 Å². The van der Waals surface area contributed by atoms with Crippen LogP contribution in [0.2, 0.25) is 0 Å². The maximum Gasteiger partial charge on any atom is 0.274 e. The second-order valence-electron chi connectivity index (χ2n) is 3.13. The lowest BCUT2D eigenvalue weighted by Gasteiger charge is -1.97. The van der Waals surface area contributed by atoms with Crippen molar-refractivity contribution < 1.29 is 9.59 Å². The number of nitrogens with zero attached hydrogens (tertiary/aromatic N) is 2. The SMILES string of the molecule is CC(=O)c1ccc(C(=O)Nc2ncn[nH]2)[nH]1. The molecule has 0 bridgehead atoms. The van der Waals surface area contributed by atoms with Crippen LogP contribution in [0.1, 0.15) is 27.9 Å². The lowest BCUT2D eigenvalue weighted by Crippen LogP contribution is -2.13. The van der Waals surface area contributed by atoms with E-state index in [0.29, 0.717) is 11.4 Å². The molecule has 0 aromatic carbocycles. The molecule has 7 heteroatoms. The zero-order valence-electron chi connectivity index (χ0n) is 8.44. The summed E-state index contributed by atoms with van der Waals surface area (Å²) in [6.45, 7) is 1.42. The fourth-order valence-corrected chi connectivity index (χ4v) is 1.17. The van der Waals surface area contributed by atoms with Crippen molar-refractivity contribution in [3.8, 4) is 0 Å². The summed E-state index contributed by atoms with van der Waals surface area (Å²) in [5.74, 6) is -0.257. The Morgan fingerprint density at radius 3 is 2.62 bits per heavy atom. The van der Waals surface area contributed by atoms with Crippen LogP contribution in [0, 0.1) is 0 Å². The number of amides is 1. The number of carbonyl (C=O) groups excluding carboxylic acids is 2. The van der Waals surface area contributed by atoms with Crippen molar-refractivity contribution in [3.05, 3.63) is 29.8 Å². The maximum absolute atomic E-state index is 11.6. The number of anilines is 1. The van der Waals surface area contributed by atoms with Gasteiger partial charge in [-0.3, -0.25) is 14.9 Å². The number of Topliss-reactive ketones (excluding diaryl/α,β-unsaturated/α-hetero) is 1. The first kappa shape index (κ1) is 10.1. The van der Waals surface area contributed by atoms with Crippen LogP contribution in [-0.4, -0.2) is 31.9 Å². The van der Waals surface area contributed by atoms with Crippen LogP contribution >= 0.6 is 0 Å². The third kappa shape index (κ3) is 1.97. The Hall–Kier alpha value is -2.44. The molecule has 0 aliphatic carbocycles. The van der Waals surface area contributed by atoms with Gasteiger partial charge >= 0.3 is 0 Å². The Bertz CT molecular complexity index is 514. The zero-order chi connectivity index (χ0) is 11.5. The van der Waals surface area contributed by atoms with Gasteiger partial charge in [-0.15, -0.1) is 0 Å². The van der Waals surface area contributed by atoms with Crippen LogP contribution in [0.5, 0.6) is 0 Å². The molecule has 1 amide bonds. The molecular weight excluding hydrogens is 210 g/mol. The summed E-state index contributed by atoms with van der Waals surface area (Å²) in [4.78, 5) is 29.1. The van der Waals surface area contributed by atoms with Gasteiger partial charge in [0.25, 0.3) is 5.91 Å². The third-order valence-corrected chi connectivity index (χ3v) is 1.96. The van der Waals surface area contributed by atoms with Gasteiger partial charge < -0.3 is 4.98 Å². The summed E-state index contributed by atoms with van der Waals surface area (Å²) in [7, 11) is 0. The number of aromatic amines is 2. The first-order chi connectivity index (χ1) is 7.66. The molecule has 2 aromatic rings. The normalized spacial score (nSPS) is 10.1. The smallest absolute Gasteiger partial charge is 0.274 e. The largest absolute Gasteiger partial charge is 0.348 e. The number of ketones is 1. The van der Waals surface area contributed by atoms with Crippen molar-refractivity contribution in [1.82, 2.24) is 20.2 Å². The van der Waals surface area contributed by atoms with E-state index in [1.54, 1.807) is 6.07 Å². The number of hydrogen-bond acceptors (Lipinski definition) is 4. The average Bonchev–Trinajstić information content (AvgIpc) is 2.86. The molecule has 0 atom stereocenters. The molecule has 0 unspecified atom stereocenters. The molecule has 82 valence electrons. The Balaban J connectivity index is 2.12. The molecule has 2 aromatic heterocycles. The van der Waals surface area contributed by atoms with Gasteiger partial charge in [0, 0.05) is 6.92 Å². The van der Waals surface area contributed by atoms with Gasteiger partial charge in [-0.05, 0) is 12.1 Å². The summed E-state index contributed by atoms with van der Waals surface area (Å²) >= 11 is 0. The van der Waals surface area contributed by atoms with E-state index < -0.39 is 0 Å². The quantitative estimate of drug-likeness (QED) is 0.657. The van der Waals surface area contributed by atoms with Crippen LogP contribution in [0.4, 0.5) is 5.95 Å². The van der Waals surface area contributed by atoms with Gasteiger partial charge in [0.2, 0.25) is 5.95 Å². The predicted octanol–water partition coefficient (Wildman–Crippen LogP) is 0.588. The van der Waals surface area contributed by atoms with E-state index in [1.807, 2.05) is 0 Å². The summed E-state index contributed by atoms with van der Waals surface area (Å²) in [5, 5.41) is 8.56. The minimum atomic E-state index is -0.385. The summed E-state index contributed by atoms with van der Waals surface area (Å²) in [6, 6.07) is 3.08. The molecule has 0 spiro atoms. The Labute approximate surface area is 90.3 Å². The van der Waals surface area contributed by atoms with Crippen LogP contribution in [0.25, 0.3) is 0 Å². The van der Waals surface area contributed by atoms with Gasteiger partial charge in [0.05, 0.1) is 5.69 Å². The van der Waals surface area contributed by atoms with Crippen LogP contribution in [0.3, 0.4) is 0 Å². The van der Waals surface area contributed by atoms with Crippen molar-refractivity contribution in [2.24, 2.45) is 0 Å². The van der Waals surface area contributed by atoms with Crippen molar-refractivity contribution in [2.75, 3.05) is 5.32 Å². The minimum Gasteiger partial charge on any atom is -0.348 e.